The van der Waals surface area contributed by atoms with Crippen LogP contribution in [0.1, 0.15) is 13.8 Å². The van der Waals surface area contributed by atoms with Crippen LogP contribution in [0.15, 0.2) is 16.2 Å². The van der Waals surface area contributed by atoms with E-state index >= 15 is 0 Å². The molecule has 0 aromatic carbocycles. The average molecular weight is 200 g/mol. The molecular formula is C9H14ClN3. The minimum Gasteiger partial charge on any atom is -0.338 e. The molecule has 4 heteroatoms. The Morgan fingerprint density at radius 1 is 1.62 bits per heavy atom. The van der Waals surface area contributed by atoms with E-state index in [-0.39, 0.29) is 5.41 Å². The number of fused-ring (bicyclic) bond motifs is 1. The van der Waals surface area contributed by atoms with Crippen LogP contribution in [-0.2, 0) is 0 Å². The van der Waals surface area contributed by atoms with Crippen molar-refractivity contribution in [1.82, 2.24) is 10.2 Å². The fraction of sp³-hybridized carbons (Fsp3) is 0.667. The van der Waals surface area contributed by atoms with Crippen LogP contribution in [0.4, 0.5) is 0 Å². The largest absolute Gasteiger partial charge is 0.338 e. The van der Waals surface area contributed by atoms with Crippen molar-refractivity contribution in [3.63, 3.8) is 0 Å². The van der Waals surface area contributed by atoms with Gasteiger partial charge in [0.25, 0.3) is 0 Å². The molecule has 0 spiro atoms. The van der Waals surface area contributed by atoms with Gasteiger partial charge < -0.3 is 10.2 Å². The van der Waals surface area contributed by atoms with Gasteiger partial charge in [-0.2, -0.15) is 0 Å². The molecule has 72 valence electrons. The summed E-state index contributed by atoms with van der Waals surface area (Å²) in [5, 5.41) is 3.75. The summed E-state index contributed by atoms with van der Waals surface area (Å²) in [5.74, 6) is 0.923. The van der Waals surface area contributed by atoms with Gasteiger partial charge in [0.05, 0.1) is 0 Å². The molecule has 2 heterocycles. The molecule has 3 nitrogen and oxygen atoms in total. The highest BCUT2D eigenvalue weighted by Crippen LogP contribution is 2.23. The van der Waals surface area contributed by atoms with Crippen LogP contribution in [0.5, 0.6) is 0 Å². The zero-order valence-electron chi connectivity index (χ0n) is 7.97. The van der Waals surface area contributed by atoms with Crippen molar-refractivity contribution < 1.29 is 0 Å². The zero-order chi connectivity index (χ0) is 9.47. The summed E-state index contributed by atoms with van der Waals surface area (Å²) in [6.45, 7) is 7.24. The van der Waals surface area contributed by atoms with Crippen LogP contribution >= 0.6 is 11.6 Å². The molecule has 2 aliphatic rings. The minimum absolute atomic E-state index is 0.281. The van der Waals surface area contributed by atoms with Gasteiger partial charge in [0.15, 0.2) is 5.96 Å². The van der Waals surface area contributed by atoms with Gasteiger partial charge in [0.1, 0.15) is 5.16 Å². The van der Waals surface area contributed by atoms with Gasteiger partial charge in [-0.05, 0) is 6.08 Å². The Kier molecular flexibility index (Phi) is 1.99. The van der Waals surface area contributed by atoms with E-state index in [0.717, 1.165) is 25.6 Å². The summed E-state index contributed by atoms with van der Waals surface area (Å²) in [6.07, 6.45) is 1.97. The first-order chi connectivity index (χ1) is 6.07. The van der Waals surface area contributed by atoms with Crippen molar-refractivity contribution in [2.75, 3.05) is 19.6 Å². The molecule has 0 atom stereocenters. The lowest BCUT2D eigenvalue weighted by Gasteiger charge is -2.39. The Morgan fingerprint density at radius 2 is 2.38 bits per heavy atom. The Labute approximate surface area is 83.5 Å². The van der Waals surface area contributed by atoms with E-state index in [1.54, 1.807) is 0 Å². The molecule has 13 heavy (non-hydrogen) atoms. The molecule has 0 saturated carbocycles. The predicted octanol–water partition coefficient (Wildman–Crippen LogP) is 1.37. The molecule has 0 unspecified atom stereocenters. The van der Waals surface area contributed by atoms with Crippen molar-refractivity contribution >= 4 is 17.6 Å². The molecule has 0 amide bonds. The second-order valence-corrected chi connectivity index (χ2v) is 4.77. The van der Waals surface area contributed by atoms with Gasteiger partial charge >= 0.3 is 0 Å². The monoisotopic (exact) mass is 199 g/mol. The summed E-state index contributed by atoms with van der Waals surface area (Å²) in [7, 11) is 0. The maximum absolute atomic E-state index is 5.85. The molecular weight excluding hydrogens is 186 g/mol. The van der Waals surface area contributed by atoms with E-state index in [0.29, 0.717) is 5.16 Å². The average Bonchev–Trinajstić information content (AvgIpc) is 2.05. The third kappa shape index (κ3) is 1.80. The first-order valence-corrected chi connectivity index (χ1v) is 4.87. The smallest absolute Gasteiger partial charge is 0.199 e. The molecule has 0 fully saturated rings. The zero-order valence-corrected chi connectivity index (χ0v) is 8.73. The Hall–Kier alpha value is -0.700. The molecule has 2 rings (SSSR count). The standard InChI is InChI=1S/C9H14ClN3/c1-9(2)5-11-8-12-7(10)3-4-13(8)6-9/h3H,4-6H2,1-2H3,(H,11,12). The minimum atomic E-state index is 0.281. The molecule has 0 aliphatic carbocycles. The lowest BCUT2D eigenvalue weighted by Crippen LogP contribution is -2.51. The molecule has 0 bridgehead atoms. The van der Waals surface area contributed by atoms with E-state index in [4.69, 9.17) is 11.6 Å². The third-order valence-corrected chi connectivity index (χ3v) is 2.55. The van der Waals surface area contributed by atoms with Gasteiger partial charge in [-0.1, -0.05) is 25.4 Å². The highest BCUT2D eigenvalue weighted by atomic mass is 35.5. The van der Waals surface area contributed by atoms with Gasteiger partial charge in [-0.3, -0.25) is 4.99 Å². The summed E-state index contributed by atoms with van der Waals surface area (Å²) in [4.78, 5) is 6.68. The van der Waals surface area contributed by atoms with Gasteiger partial charge in [-0.25, -0.2) is 0 Å². The van der Waals surface area contributed by atoms with E-state index < -0.39 is 0 Å². The maximum atomic E-state index is 5.85. The first-order valence-electron chi connectivity index (χ1n) is 4.49. The SMILES string of the molecule is CC1(C)CN=C2NC(Cl)=CCN2C1. The fourth-order valence-electron chi connectivity index (χ4n) is 1.65. The van der Waals surface area contributed by atoms with Crippen LogP contribution in [0.3, 0.4) is 0 Å². The first kappa shape index (κ1) is 8.88. The number of guanidine groups is 1. The summed E-state index contributed by atoms with van der Waals surface area (Å²) in [6, 6.07) is 0. The number of aliphatic imine (C=N–C) groups is 1. The van der Waals surface area contributed by atoms with Crippen molar-refractivity contribution in [2.24, 2.45) is 10.4 Å². The molecule has 0 saturated heterocycles. The Morgan fingerprint density at radius 3 is 3.15 bits per heavy atom. The van der Waals surface area contributed by atoms with Crippen LogP contribution in [-0.4, -0.2) is 30.5 Å². The second-order valence-electron chi connectivity index (χ2n) is 4.36. The number of nitrogens with one attached hydrogen (secondary N) is 1. The Bertz CT molecular complexity index is 281. The lowest BCUT2D eigenvalue weighted by molar-refractivity contribution is 0.244. The van der Waals surface area contributed by atoms with E-state index in [2.05, 4.69) is 29.1 Å². The number of hydrogen-bond donors (Lipinski definition) is 1. The van der Waals surface area contributed by atoms with Gasteiger partial charge in [-0.15, -0.1) is 0 Å². The van der Waals surface area contributed by atoms with Crippen LogP contribution in [0.2, 0.25) is 0 Å². The normalized spacial score (nSPS) is 25.6. The molecule has 1 N–H and O–H groups in total. The highest BCUT2D eigenvalue weighted by molar-refractivity contribution is 6.30. The van der Waals surface area contributed by atoms with Crippen molar-refractivity contribution in [3.8, 4) is 0 Å². The van der Waals surface area contributed by atoms with Crippen molar-refractivity contribution in [1.29, 1.82) is 0 Å². The van der Waals surface area contributed by atoms with E-state index in [1.807, 2.05) is 6.08 Å². The van der Waals surface area contributed by atoms with Crippen LogP contribution in [0.25, 0.3) is 0 Å². The Balaban J connectivity index is 2.18. The van der Waals surface area contributed by atoms with Crippen molar-refractivity contribution in [3.05, 3.63) is 11.2 Å². The second kappa shape index (κ2) is 2.91. The fourth-order valence-corrected chi connectivity index (χ4v) is 1.80. The topological polar surface area (TPSA) is 27.6 Å². The van der Waals surface area contributed by atoms with Crippen molar-refractivity contribution in [2.45, 2.75) is 13.8 Å². The van der Waals surface area contributed by atoms with Crippen LogP contribution < -0.4 is 5.32 Å². The van der Waals surface area contributed by atoms with Gasteiger partial charge in [0.2, 0.25) is 0 Å². The van der Waals surface area contributed by atoms with Crippen LogP contribution in [0, 0.1) is 5.41 Å². The molecule has 2 aliphatic heterocycles. The lowest BCUT2D eigenvalue weighted by atomic mass is 9.92. The summed E-state index contributed by atoms with van der Waals surface area (Å²) < 4.78 is 0. The number of halogens is 1. The molecule has 0 aromatic heterocycles. The number of hydrogen-bond acceptors (Lipinski definition) is 3. The predicted molar refractivity (Wildman–Crippen MR) is 54.7 cm³/mol. The quantitative estimate of drug-likeness (QED) is 0.597. The highest BCUT2D eigenvalue weighted by Gasteiger charge is 2.29. The number of rotatable bonds is 0. The maximum Gasteiger partial charge on any atom is 0.199 e. The molecule has 0 aromatic rings. The summed E-state index contributed by atoms with van der Waals surface area (Å²) in [5.41, 5.74) is 0.281. The molecule has 0 radical (unpaired) electrons. The van der Waals surface area contributed by atoms with Gasteiger partial charge in [0, 0.05) is 25.0 Å². The number of nitrogens with zero attached hydrogens (tertiary/aromatic N) is 2. The van der Waals surface area contributed by atoms with E-state index in [9.17, 15) is 0 Å². The van der Waals surface area contributed by atoms with E-state index in [1.165, 1.54) is 0 Å². The third-order valence-electron chi connectivity index (χ3n) is 2.30. The summed E-state index contributed by atoms with van der Waals surface area (Å²) >= 11 is 5.85.